The molecule has 11 heteroatoms. The Morgan fingerprint density at radius 2 is 1.89 bits per heavy atom. The van der Waals surface area contributed by atoms with E-state index in [0.29, 0.717) is 0 Å². The lowest BCUT2D eigenvalue weighted by Gasteiger charge is -2.12. The van der Waals surface area contributed by atoms with Crippen molar-refractivity contribution in [3.8, 4) is 11.8 Å². The van der Waals surface area contributed by atoms with E-state index in [-0.39, 0.29) is 22.8 Å². The van der Waals surface area contributed by atoms with Crippen LogP contribution in [-0.2, 0) is 20.3 Å². The van der Waals surface area contributed by atoms with Crippen LogP contribution in [0.25, 0.3) is 5.69 Å². The second-order valence-corrected chi connectivity index (χ2v) is 5.89. The third kappa shape index (κ3) is 3.27. The Morgan fingerprint density at radius 3 is 2.54 bits per heavy atom. The SMILES string of the molecule is Cn1c(Nc2cnn(-c3cccc(C(F)(F)F)c3)c2)c(C#N)c(=O)n(C)c1=O. The summed E-state index contributed by atoms with van der Waals surface area (Å²) in [5.41, 5.74) is -2.07. The van der Waals surface area contributed by atoms with E-state index >= 15 is 0 Å². The van der Waals surface area contributed by atoms with Crippen molar-refractivity contribution < 1.29 is 13.2 Å². The minimum atomic E-state index is -4.49. The topological polar surface area (TPSA) is 97.6 Å². The Hall–Kier alpha value is -3.81. The number of nitrogens with one attached hydrogen (secondary N) is 1. The molecule has 3 aromatic rings. The molecule has 3 rings (SSSR count). The molecule has 0 unspecified atom stereocenters. The molecule has 1 aromatic carbocycles. The van der Waals surface area contributed by atoms with E-state index in [1.807, 2.05) is 0 Å². The van der Waals surface area contributed by atoms with Gasteiger partial charge in [-0.15, -0.1) is 0 Å². The predicted octanol–water partition coefficient (Wildman–Crippen LogP) is 1.90. The van der Waals surface area contributed by atoms with Gasteiger partial charge >= 0.3 is 11.9 Å². The molecule has 0 radical (unpaired) electrons. The van der Waals surface area contributed by atoms with E-state index in [9.17, 15) is 28.0 Å². The van der Waals surface area contributed by atoms with E-state index in [1.54, 1.807) is 6.07 Å². The summed E-state index contributed by atoms with van der Waals surface area (Å²) in [5, 5.41) is 16.0. The first-order valence-corrected chi connectivity index (χ1v) is 7.83. The molecule has 0 atom stereocenters. The number of alkyl halides is 3. The van der Waals surface area contributed by atoms with Crippen LogP contribution >= 0.6 is 0 Å². The highest BCUT2D eigenvalue weighted by Gasteiger charge is 2.30. The first-order valence-electron chi connectivity index (χ1n) is 7.83. The number of hydrogen-bond donors (Lipinski definition) is 1. The lowest BCUT2D eigenvalue weighted by atomic mass is 10.2. The van der Waals surface area contributed by atoms with Crippen molar-refractivity contribution in [2.24, 2.45) is 14.1 Å². The molecule has 0 saturated heterocycles. The maximum absolute atomic E-state index is 12.9. The Labute approximate surface area is 155 Å². The van der Waals surface area contributed by atoms with Gasteiger partial charge in [0.2, 0.25) is 0 Å². The number of halogens is 3. The van der Waals surface area contributed by atoms with E-state index in [2.05, 4.69) is 10.4 Å². The highest BCUT2D eigenvalue weighted by Crippen LogP contribution is 2.30. The van der Waals surface area contributed by atoms with Gasteiger partial charge in [0.05, 0.1) is 29.3 Å². The summed E-state index contributed by atoms with van der Waals surface area (Å²) in [5.74, 6) is -0.0424. The van der Waals surface area contributed by atoms with Crippen LogP contribution in [0.4, 0.5) is 24.7 Å². The van der Waals surface area contributed by atoms with Crippen LogP contribution in [0.1, 0.15) is 11.1 Å². The monoisotopic (exact) mass is 390 g/mol. The predicted molar refractivity (Wildman–Crippen MR) is 93.5 cm³/mol. The van der Waals surface area contributed by atoms with E-state index in [1.165, 1.54) is 43.3 Å². The number of aromatic nitrogens is 4. The average molecular weight is 390 g/mol. The van der Waals surface area contributed by atoms with E-state index in [0.717, 1.165) is 21.3 Å². The van der Waals surface area contributed by atoms with Crippen molar-refractivity contribution in [1.29, 1.82) is 5.26 Å². The van der Waals surface area contributed by atoms with Crippen LogP contribution in [0.2, 0.25) is 0 Å². The molecule has 28 heavy (non-hydrogen) atoms. The molecule has 2 aromatic heterocycles. The van der Waals surface area contributed by atoms with Gasteiger partial charge in [-0.25, -0.2) is 9.48 Å². The summed E-state index contributed by atoms with van der Waals surface area (Å²) in [6, 6.07) is 6.33. The van der Waals surface area contributed by atoms with Crippen LogP contribution < -0.4 is 16.6 Å². The summed E-state index contributed by atoms with van der Waals surface area (Å²) in [4.78, 5) is 24.2. The molecule has 2 heterocycles. The van der Waals surface area contributed by atoms with Crippen molar-refractivity contribution in [2.75, 3.05) is 5.32 Å². The number of rotatable bonds is 3. The van der Waals surface area contributed by atoms with Crippen LogP contribution in [0.5, 0.6) is 0 Å². The molecule has 0 bridgehead atoms. The minimum Gasteiger partial charge on any atom is -0.338 e. The second kappa shape index (κ2) is 6.73. The first kappa shape index (κ1) is 19.0. The van der Waals surface area contributed by atoms with Gasteiger partial charge in [-0.2, -0.15) is 23.5 Å². The Morgan fingerprint density at radius 1 is 1.18 bits per heavy atom. The molecule has 0 amide bonds. The van der Waals surface area contributed by atoms with Gasteiger partial charge in [-0.1, -0.05) is 6.07 Å². The highest BCUT2D eigenvalue weighted by molar-refractivity contribution is 5.61. The summed E-state index contributed by atoms with van der Waals surface area (Å²) in [7, 11) is 2.63. The Kier molecular flexibility index (Phi) is 4.56. The Bertz CT molecular complexity index is 1210. The molecule has 144 valence electrons. The van der Waals surface area contributed by atoms with E-state index in [4.69, 9.17) is 0 Å². The minimum absolute atomic E-state index is 0.0424. The molecule has 0 aliphatic carbocycles. The third-order valence-electron chi connectivity index (χ3n) is 4.06. The van der Waals surface area contributed by atoms with Crippen LogP contribution in [0, 0.1) is 11.3 Å². The quantitative estimate of drug-likeness (QED) is 0.737. The van der Waals surface area contributed by atoms with Crippen LogP contribution in [-0.4, -0.2) is 18.9 Å². The van der Waals surface area contributed by atoms with Gasteiger partial charge in [0.1, 0.15) is 11.9 Å². The molecule has 0 spiro atoms. The average Bonchev–Trinajstić information content (AvgIpc) is 3.13. The number of nitriles is 1. The number of benzene rings is 1. The zero-order valence-electron chi connectivity index (χ0n) is 14.7. The highest BCUT2D eigenvalue weighted by atomic mass is 19.4. The van der Waals surface area contributed by atoms with Gasteiger partial charge < -0.3 is 5.32 Å². The van der Waals surface area contributed by atoms with Crippen molar-refractivity contribution in [3.05, 3.63) is 68.6 Å². The molecule has 0 saturated carbocycles. The maximum atomic E-state index is 12.9. The fraction of sp³-hybridized carbons (Fsp3) is 0.176. The first-order chi connectivity index (χ1) is 13.1. The van der Waals surface area contributed by atoms with Gasteiger partial charge in [-0.05, 0) is 18.2 Å². The summed E-state index contributed by atoms with van der Waals surface area (Å²) >= 11 is 0. The fourth-order valence-electron chi connectivity index (χ4n) is 2.58. The maximum Gasteiger partial charge on any atom is 0.416 e. The van der Waals surface area contributed by atoms with Gasteiger partial charge in [0.15, 0.2) is 5.56 Å². The van der Waals surface area contributed by atoms with Gasteiger partial charge in [0.25, 0.3) is 5.56 Å². The zero-order valence-corrected chi connectivity index (χ0v) is 14.7. The molecule has 0 aliphatic heterocycles. The lowest BCUT2D eigenvalue weighted by Crippen LogP contribution is -2.39. The van der Waals surface area contributed by atoms with Crippen molar-refractivity contribution >= 4 is 11.5 Å². The summed E-state index contributed by atoms with van der Waals surface area (Å²) in [6.45, 7) is 0. The number of anilines is 2. The van der Waals surface area contributed by atoms with Gasteiger partial charge in [-0.3, -0.25) is 13.9 Å². The van der Waals surface area contributed by atoms with Crippen molar-refractivity contribution in [1.82, 2.24) is 18.9 Å². The molecular weight excluding hydrogens is 377 g/mol. The second-order valence-electron chi connectivity index (χ2n) is 5.89. The smallest absolute Gasteiger partial charge is 0.338 e. The van der Waals surface area contributed by atoms with Crippen LogP contribution in [0.15, 0.2) is 46.2 Å². The van der Waals surface area contributed by atoms with Crippen LogP contribution in [0.3, 0.4) is 0 Å². The zero-order chi connectivity index (χ0) is 20.6. The Balaban J connectivity index is 2.01. The molecule has 1 N–H and O–H groups in total. The van der Waals surface area contributed by atoms with Gasteiger partial charge in [0, 0.05) is 14.1 Å². The number of hydrogen-bond acceptors (Lipinski definition) is 5. The molecule has 8 nitrogen and oxygen atoms in total. The number of nitrogens with zero attached hydrogens (tertiary/aromatic N) is 5. The lowest BCUT2D eigenvalue weighted by molar-refractivity contribution is -0.137. The summed E-state index contributed by atoms with van der Waals surface area (Å²) < 4.78 is 41.7. The third-order valence-corrected chi connectivity index (χ3v) is 4.06. The largest absolute Gasteiger partial charge is 0.416 e. The molecule has 0 fully saturated rings. The molecular formula is C17H13F3N6O2. The standard InChI is InChI=1S/C17H13F3N6O2/c1-24-14(13(7-21)15(27)25(2)16(24)28)23-11-8-22-26(9-11)12-5-3-4-10(6-12)17(18,19)20/h3-6,8-9,23H,1-2H3. The summed E-state index contributed by atoms with van der Waals surface area (Å²) in [6.07, 6.45) is -1.82. The molecule has 0 aliphatic rings. The normalized spacial score (nSPS) is 11.3. The van der Waals surface area contributed by atoms with E-state index < -0.39 is 23.0 Å². The fourth-order valence-corrected chi connectivity index (χ4v) is 2.58. The van der Waals surface area contributed by atoms with Crippen molar-refractivity contribution in [3.63, 3.8) is 0 Å². The van der Waals surface area contributed by atoms with Crippen molar-refractivity contribution in [2.45, 2.75) is 6.18 Å².